The van der Waals surface area contributed by atoms with Gasteiger partial charge in [0.2, 0.25) is 0 Å². The molecule has 18 heavy (non-hydrogen) atoms. The zero-order valence-electron chi connectivity index (χ0n) is 10.1. The second-order valence-corrected chi connectivity index (χ2v) is 5.13. The molecule has 0 atom stereocenters. The van der Waals surface area contributed by atoms with Gasteiger partial charge in [-0.25, -0.2) is 4.98 Å². The van der Waals surface area contributed by atoms with Crippen molar-refractivity contribution in [1.29, 1.82) is 0 Å². The van der Waals surface area contributed by atoms with Gasteiger partial charge in [0, 0.05) is 11.6 Å². The first-order valence-electron chi connectivity index (χ1n) is 5.90. The number of aromatic nitrogens is 1. The van der Waals surface area contributed by atoms with Crippen molar-refractivity contribution < 1.29 is 0 Å². The van der Waals surface area contributed by atoms with Gasteiger partial charge in [0.05, 0.1) is 0 Å². The Morgan fingerprint density at radius 1 is 1.06 bits per heavy atom. The van der Waals surface area contributed by atoms with Crippen molar-refractivity contribution in [1.82, 2.24) is 4.98 Å². The third-order valence-corrected chi connectivity index (χ3v) is 3.84. The molecule has 1 heterocycles. The topological polar surface area (TPSA) is 12.9 Å². The molecule has 2 aromatic carbocycles. The smallest absolute Gasteiger partial charge is 0.116 e. The SMILES string of the molecule is Cc1c(/C=C/c2nccs2)ccc2ccccc12. The Labute approximate surface area is 110 Å². The van der Waals surface area contributed by atoms with Crippen molar-refractivity contribution in [3.63, 3.8) is 0 Å². The quantitative estimate of drug-likeness (QED) is 0.639. The molecule has 0 aliphatic heterocycles. The van der Waals surface area contributed by atoms with Gasteiger partial charge < -0.3 is 0 Å². The van der Waals surface area contributed by atoms with E-state index >= 15 is 0 Å². The fourth-order valence-electron chi connectivity index (χ4n) is 2.10. The molecule has 1 nitrogen and oxygen atoms in total. The van der Waals surface area contributed by atoms with Crippen LogP contribution in [0.1, 0.15) is 16.1 Å². The van der Waals surface area contributed by atoms with E-state index in [2.05, 4.69) is 60.5 Å². The molecular weight excluding hydrogens is 238 g/mol. The monoisotopic (exact) mass is 251 g/mol. The summed E-state index contributed by atoms with van der Waals surface area (Å²) in [6, 6.07) is 12.8. The zero-order chi connectivity index (χ0) is 12.4. The van der Waals surface area contributed by atoms with E-state index in [0.29, 0.717) is 0 Å². The second kappa shape index (κ2) is 4.75. The molecule has 88 valence electrons. The minimum absolute atomic E-state index is 1.04. The van der Waals surface area contributed by atoms with Crippen LogP contribution in [0.2, 0.25) is 0 Å². The van der Waals surface area contributed by atoms with E-state index in [4.69, 9.17) is 0 Å². The van der Waals surface area contributed by atoms with Crippen LogP contribution >= 0.6 is 11.3 Å². The molecule has 3 rings (SSSR count). The van der Waals surface area contributed by atoms with Crippen LogP contribution in [-0.2, 0) is 0 Å². The number of benzene rings is 2. The lowest BCUT2D eigenvalue weighted by atomic mass is 10.00. The standard InChI is InChI=1S/C16H13NS/c1-12-13(8-9-16-17-10-11-18-16)6-7-14-4-2-3-5-15(12)14/h2-11H,1H3/b9-8+. The Balaban J connectivity index is 2.05. The van der Waals surface area contributed by atoms with Gasteiger partial charge in [-0.15, -0.1) is 11.3 Å². The molecule has 0 bridgehead atoms. The van der Waals surface area contributed by atoms with Crippen molar-refractivity contribution >= 4 is 34.3 Å². The van der Waals surface area contributed by atoms with Crippen molar-refractivity contribution in [2.75, 3.05) is 0 Å². The van der Waals surface area contributed by atoms with Gasteiger partial charge in [-0.1, -0.05) is 42.5 Å². The maximum absolute atomic E-state index is 4.26. The Hall–Kier alpha value is -1.93. The number of hydrogen-bond donors (Lipinski definition) is 0. The van der Waals surface area contributed by atoms with E-state index in [1.54, 1.807) is 11.3 Å². The molecule has 0 unspecified atom stereocenters. The zero-order valence-corrected chi connectivity index (χ0v) is 10.9. The maximum atomic E-state index is 4.26. The summed E-state index contributed by atoms with van der Waals surface area (Å²) >= 11 is 1.65. The molecule has 0 amide bonds. The summed E-state index contributed by atoms with van der Waals surface area (Å²) in [4.78, 5) is 4.26. The van der Waals surface area contributed by atoms with Crippen LogP contribution < -0.4 is 0 Å². The van der Waals surface area contributed by atoms with Crippen LogP contribution in [0, 0.1) is 6.92 Å². The van der Waals surface area contributed by atoms with Gasteiger partial charge in [0.15, 0.2) is 0 Å². The number of nitrogens with zero attached hydrogens (tertiary/aromatic N) is 1. The maximum Gasteiger partial charge on any atom is 0.116 e. The van der Waals surface area contributed by atoms with Crippen LogP contribution in [0.4, 0.5) is 0 Å². The number of aryl methyl sites for hydroxylation is 1. The van der Waals surface area contributed by atoms with Gasteiger partial charge >= 0.3 is 0 Å². The molecule has 0 aliphatic rings. The Bertz CT molecular complexity index is 696. The van der Waals surface area contributed by atoms with Crippen molar-refractivity contribution in [3.8, 4) is 0 Å². The summed E-state index contributed by atoms with van der Waals surface area (Å²) in [5, 5.41) is 5.65. The highest BCUT2D eigenvalue weighted by atomic mass is 32.1. The average Bonchev–Trinajstić information content (AvgIpc) is 2.91. The van der Waals surface area contributed by atoms with Crippen molar-refractivity contribution in [2.45, 2.75) is 6.92 Å². The van der Waals surface area contributed by atoms with E-state index < -0.39 is 0 Å². The van der Waals surface area contributed by atoms with Gasteiger partial charge in [0.25, 0.3) is 0 Å². The number of fused-ring (bicyclic) bond motifs is 1. The molecule has 0 saturated carbocycles. The summed E-state index contributed by atoms with van der Waals surface area (Å²) in [7, 11) is 0. The molecule has 0 N–H and O–H groups in total. The second-order valence-electron chi connectivity index (χ2n) is 4.20. The molecular formula is C16H13NS. The average molecular weight is 251 g/mol. The largest absolute Gasteiger partial charge is 0.245 e. The minimum Gasteiger partial charge on any atom is -0.245 e. The van der Waals surface area contributed by atoms with Crippen LogP contribution in [-0.4, -0.2) is 4.98 Å². The molecule has 0 radical (unpaired) electrons. The van der Waals surface area contributed by atoms with E-state index in [-0.39, 0.29) is 0 Å². The predicted molar refractivity (Wildman–Crippen MR) is 79.7 cm³/mol. The van der Waals surface area contributed by atoms with Crippen LogP contribution in [0.25, 0.3) is 22.9 Å². The van der Waals surface area contributed by atoms with Gasteiger partial charge in [-0.05, 0) is 34.9 Å². The van der Waals surface area contributed by atoms with Crippen LogP contribution in [0.5, 0.6) is 0 Å². The van der Waals surface area contributed by atoms with Crippen LogP contribution in [0.3, 0.4) is 0 Å². The van der Waals surface area contributed by atoms with Gasteiger partial charge in [0.1, 0.15) is 5.01 Å². The van der Waals surface area contributed by atoms with Gasteiger partial charge in [-0.3, -0.25) is 0 Å². The Morgan fingerprint density at radius 2 is 1.94 bits per heavy atom. The number of rotatable bonds is 2. The Morgan fingerprint density at radius 3 is 2.78 bits per heavy atom. The highest BCUT2D eigenvalue weighted by Crippen LogP contribution is 2.23. The summed E-state index contributed by atoms with van der Waals surface area (Å²) in [6.07, 6.45) is 6.04. The lowest BCUT2D eigenvalue weighted by Crippen LogP contribution is -1.83. The van der Waals surface area contributed by atoms with Crippen molar-refractivity contribution in [2.24, 2.45) is 0 Å². The van der Waals surface area contributed by atoms with E-state index in [1.807, 2.05) is 11.6 Å². The Kier molecular flexibility index (Phi) is 2.95. The molecule has 1 aromatic heterocycles. The lowest BCUT2D eigenvalue weighted by molar-refractivity contribution is 1.40. The highest BCUT2D eigenvalue weighted by Gasteiger charge is 2.00. The van der Waals surface area contributed by atoms with Gasteiger partial charge in [-0.2, -0.15) is 0 Å². The number of thiazole rings is 1. The summed E-state index contributed by atoms with van der Waals surface area (Å²) in [6.45, 7) is 2.17. The lowest BCUT2D eigenvalue weighted by Gasteiger charge is -2.05. The molecule has 0 saturated heterocycles. The first kappa shape index (κ1) is 11.2. The predicted octanol–water partition coefficient (Wildman–Crippen LogP) is 4.78. The fourth-order valence-corrected chi connectivity index (χ4v) is 2.63. The number of hydrogen-bond acceptors (Lipinski definition) is 2. The van der Waals surface area contributed by atoms with E-state index in [9.17, 15) is 0 Å². The molecule has 0 fully saturated rings. The molecule has 0 aliphatic carbocycles. The first-order valence-corrected chi connectivity index (χ1v) is 6.78. The molecule has 0 spiro atoms. The third-order valence-electron chi connectivity index (χ3n) is 3.10. The molecule has 2 heteroatoms. The van der Waals surface area contributed by atoms with Crippen molar-refractivity contribution in [3.05, 3.63) is 64.1 Å². The molecule has 3 aromatic rings. The first-order chi connectivity index (χ1) is 8.84. The minimum atomic E-state index is 1.04. The summed E-state index contributed by atoms with van der Waals surface area (Å²) in [5.41, 5.74) is 2.57. The van der Waals surface area contributed by atoms with E-state index in [0.717, 1.165) is 5.01 Å². The summed E-state index contributed by atoms with van der Waals surface area (Å²) < 4.78 is 0. The van der Waals surface area contributed by atoms with Crippen LogP contribution in [0.15, 0.2) is 48.0 Å². The van der Waals surface area contributed by atoms with E-state index in [1.165, 1.54) is 21.9 Å². The summed E-state index contributed by atoms with van der Waals surface area (Å²) in [5.74, 6) is 0. The normalized spacial score (nSPS) is 11.4. The highest BCUT2D eigenvalue weighted by molar-refractivity contribution is 7.10. The fraction of sp³-hybridized carbons (Fsp3) is 0.0625. The third kappa shape index (κ3) is 2.07.